The van der Waals surface area contributed by atoms with Crippen LogP contribution in [0.2, 0.25) is 0 Å². The first-order valence-electron chi connectivity index (χ1n) is 10.3. The van der Waals surface area contributed by atoms with Crippen LogP contribution in [0.5, 0.6) is 0 Å². The lowest BCUT2D eigenvalue weighted by Crippen LogP contribution is -2.35. The van der Waals surface area contributed by atoms with E-state index in [-0.39, 0.29) is 4.90 Å². The number of amides is 2. The van der Waals surface area contributed by atoms with E-state index in [1.54, 1.807) is 19.1 Å². The van der Waals surface area contributed by atoms with Crippen LogP contribution in [-0.4, -0.2) is 23.0 Å². The highest BCUT2D eigenvalue weighted by Gasteiger charge is 2.30. The van der Waals surface area contributed by atoms with Crippen LogP contribution >= 0.6 is 0 Å². The minimum absolute atomic E-state index is 0.0287. The van der Waals surface area contributed by atoms with Crippen LogP contribution in [0.1, 0.15) is 40.7 Å². The summed E-state index contributed by atoms with van der Waals surface area (Å²) < 4.78 is 57.4. The number of hydrogen-bond donors (Lipinski definition) is 2. The van der Waals surface area contributed by atoms with Gasteiger partial charge in [-0.3, -0.25) is 0 Å². The van der Waals surface area contributed by atoms with E-state index in [0.29, 0.717) is 0 Å². The molecule has 1 unspecified atom stereocenters. The standard InChI is InChI=1S/C22H24F3N3O2S/c1-14-8-10-17(11-9-14)31(30,26-13-22(23,24)25)28-21(29)27-20-18-6-2-4-15(18)12-16-5-3-7-19(16)20/h8-12H,2-7,13H2,1H3,(H2,26,27,28,29,30). The van der Waals surface area contributed by atoms with E-state index >= 15 is 0 Å². The quantitative estimate of drug-likeness (QED) is 0.679. The Morgan fingerprint density at radius 1 is 1.03 bits per heavy atom. The topological polar surface area (TPSA) is 70.6 Å². The number of carbonyl (C=O) groups excluding carboxylic acids is 1. The first-order chi connectivity index (χ1) is 14.6. The number of nitrogens with one attached hydrogen (secondary N) is 2. The first-order valence-corrected chi connectivity index (χ1v) is 11.8. The minimum Gasteiger partial charge on any atom is -0.307 e. The summed E-state index contributed by atoms with van der Waals surface area (Å²) in [7, 11) is -3.82. The molecule has 2 aromatic carbocycles. The average molecular weight is 452 g/mol. The van der Waals surface area contributed by atoms with Crippen LogP contribution in [0.3, 0.4) is 0 Å². The number of benzene rings is 2. The van der Waals surface area contributed by atoms with Crippen molar-refractivity contribution in [3.05, 3.63) is 58.1 Å². The molecule has 0 spiro atoms. The van der Waals surface area contributed by atoms with Gasteiger partial charge in [0.1, 0.15) is 6.54 Å². The Morgan fingerprint density at radius 3 is 2.16 bits per heavy atom. The molecule has 0 aliphatic heterocycles. The fraction of sp³-hybridized carbons (Fsp3) is 0.409. The van der Waals surface area contributed by atoms with E-state index in [4.69, 9.17) is 0 Å². The van der Waals surface area contributed by atoms with E-state index in [1.165, 1.54) is 23.3 Å². The number of halogens is 3. The van der Waals surface area contributed by atoms with Crippen LogP contribution in [-0.2, 0) is 35.6 Å². The van der Waals surface area contributed by atoms with E-state index in [1.807, 2.05) is 0 Å². The summed E-state index contributed by atoms with van der Waals surface area (Å²) in [6.07, 6.45) is 0.922. The first kappa shape index (κ1) is 21.7. The molecule has 0 aromatic heterocycles. The van der Waals surface area contributed by atoms with E-state index in [9.17, 15) is 22.2 Å². The zero-order valence-corrected chi connectivity index (χ0v) is 18.0. The van der Waals surface area contributed by atoms with Gasteiger partial charge in [-0.05, 0) is 79.8 Å². The molecule has 9 heteroatoms. The summed E-state index contributed by atoms with van der Waals surface area (Å²) in [6.45, 7) is 0.186. The molecule has 0 saturated carbocycles. The Bertz CT molecular complexity index is 1100. The number of anilines is 1. The minimum atomic E-state index is -4.63. The largest absolute Gasteiger partial charge is 0.408 e. The van der Waals surface area contributed by atoms with Crippen molar-refractivity contribution in [2.75, 3.05) is 11.9 Å². The zero-order valence-electron chi connectivity index (χ0n) is 17.1. The van der Waals surface area contributed by atoms with Crippen molar-refractivity contribution in [3.63, 3.8) is 0 Å². The monoisotopic (exact) mass is 451 g/mol. The van der Waals surface area contributed by atoms with Crippen LogP contribution in [0, 0.1) is 6.92 Å². The molecule has 0 fully saturated rings. The van der Waals surface area contributed by atoms with Crippen LogP contribution in [0.25, 0.3) is 0 Å². The number of urea groups is 1. The lowest BCUT2D eigenvalue weighted by Gasteiger charge is -2.18. The third kappa shape index (κ3) is 4.71. The van der Waals surface area contributed by atoms with Gasteiger partial charge < -0.3 is 5.32 Å². The normalized spacial score (nSPS) is 16.9. The number of rotatable bonds is 4. The molecule has 2 aliphatic rings. The smallest absolute Gasteiger partial charge is 0.307 e. The van der Waals surface area contributed by atoms with Crippen LogP contribution in [0.4, 0.5) is 23.7 Å². The SMILES string of the molecule is Cc1ccc(S(=O)(=NCC(F)(F)F)NC(=O)Nc2c3c(cc4c2CCC4)CCC3)cc1. The van der Waals surface area contributed by atoms with Gasteiger partial charge in [-0.1, -0.05) is 23.8 Å². The third-order valence-electron chi connectivity index (χ3n) is 5.71. The predicted molar refractivity (Wildman–Crippen MR) is 114 cm³/mol. The summed E-state index contributed by atoms with van der Waals surface area (Å²) in [4.78, 5) is 12.9. The molecule has 2 N–H and O–H groups in total. The maximum absolute atomic E-state index is 13.4. The van der Waals surface area contributed by atoms with Crippen molar-refractivity contribution >= 4 is 21.6 Å². The van der Waals surface area contributed by atoms with E-state index < -0.39 is 28.7 Å². The van der Waals surface area contributed by atoms with Gasteiger partial charge in [0.2, 0.25) is 0 Å². The molecule has 2 aliphatic carbocycles. The van der Waals surface area contributed by atoms with Crippen molar-refractivity contribution in [1.29, 1.82) is 0 Å². The maximum Gasteiger partial charge on any atom is 0.408 e. The zero-order chi connectivity index (χ0) is 22.2. The molecule has 0 bridgehead atoms. The highest BCUT2D eigenvalue weighted by molar-refractivity contribution is 7.92. The maximum atomic E-state index is 13.4. The summed E-state index contributed by atoms with van der Waals surface area (Å²) in [5, 5.41) is 2.81. The highest BCUT2D eigenvalue weighted by Crippen LogP contribution is 2.38. The number of nitrogens with zero attached hydrogens (tertiary/aromatic N) is 1. The number of aryl methyl sites for hydroxylation is 3. The molecular weight excluding hydrogens is 427 g/mol. The van der Waals surface area contributed by atoms with Crippen molar-refractivity contribution in [3.8, 4) is 0 Å². The molecular formula is C22H24F3N3O2S. The van der Waals surface area contributed by atoms with Gasteiger partial charge in [0.25, 0.3) is 0 Å². The van der Waals surface area contributed by atoms with Gasteiger partial charge in [-0.25, -0.2) is 18.1 Å². The molecule has 1 atom stereocenters. The van der Waals surface area contributed by atoms with Crippen LogP contribution < -0.4 is 10.0 Å². The molecule has 5 nitrogen and oxygen atoms in total. The molecule has 0 heterocycles. The van der Waals surface area contributed by atoms with Crippen LogP contribution in [0.15, 0.2) is 39.6 Å². The number of carbonyl (C=O) groups is 1. The fourth-order valence-electron chi connectivity index (χ4n) is 4.28. The Balaban J connectivity index is 1.65. The Morgan fingerprint density at radius 2 is 1.61 bits per heavy atom. The molecule has 166 valence electrons. The predicted octanol–water partition coefficient (Wildman–Crippen LogP) is 5.10. The lowest BCUT2D eigenvalue weighted by molar-refractivity contribution is -0.117. The number of hydrogen-bond acceptors (Lipinski definition) is 3. The van der Waals surface area contributed by atoms with Crippen molar-refractivity contribution in [2.45, 2.75) is 56.5 Å². The molecule has 0 saturated heterocycles. The van der Waals surface area contributed by atoms with Gasteiger partial charge in [0.05, 0.1) is 4.90 Å². The molecule has 2 aromatic rings. The second-order valence-corrected chi connectivity index (χ2v) is 10.0. The van der Waals surface area contributed by atoms with Crippen molar-refractivity contribution < 1.29 is 22.2 Å². The van der Waals surface area contributed by atoms with Gasteiger partial charge in [0.15, 0.2) is 9.92 Å². The second kappa shape index (κ2) is 8.18. The van der Waals surface area contributed by atoms with Gasteiger partial charge in [-0.15, -0.1) is 0 Å². The van der Waals surface area contributed by atoms with Gasteiger partial charge in [0, 0.05) is 5.69 Å². The van der Waals surface area contributed by atoms with Gasteiger partial charge >= 0.3 is 12.2 Å². The molecule has 31 heavy (non-hydrogen) atoms. The average Bonchev–Trinajstić information content (AvgIpc) is 3.35. The Labute approximate surface area is 179 Å². The van der Waals surface area contributed by atoms with E-state index in [2.05, 4.69) is 20.5 Å². The summed E-state index contributed by atoms with van der Waals surface area (Å²) in [5.41, 5.74) is 6.13. The molecule has 2 amide bonds. The number of fused-ring (bicyclic) bond motifs is 2. The highest BCUT2D eigenvalue weighted by atomic mass is 32.2. The van der Waals surface area contributed by atoms with E-state index in [0.717, 1.165) is 60.9 Å². The van der Waals surface area contributed by atoms with Gasteiger partial charge in [-0.2, -0.15) is 13.2 Å². The summed E-state index contributed by atoms with van der Waals surface area (Å²) in [6, 6.07) is 7.49. The lowest BCUT2D eigenvalue weighted by atomic mass is 9.99. The third-order valence-corrected chi connectivity index (χ3v) is 7.57. The van der Waals surface area contributed by atoms with Crippen molar-refractivity contribution in [2.24, 2.45) is 4.36 Å². The molecule has 0 radical (unpaired) electrons. The second-order valence-electron chi connectivity index (χ2n) is 8.03. The Kier molecular flexibility index (Phi) is 5.72. The Hall–Kier alpha value is -2.55. The fourth-order valence-corrected chi connectivity index (χ4v) is 5.75. The molecule has 4 rings (SSSR count). The summed E-state index contributed by atoms with van der Waals surface area (Å²) >= 11 is 0. The summed E-state index contributed by atoms with van der Waals surface area (Å²) in [5.74, 6) is 0. The van der Waals surface area contributed by atoms with Crippen molar-refractivity contribution in [1.82, 2.24) is 4.72 Å². The number of alkyl halides is 3.